The molecule has 0 atom stereocenters. The van der Waals surface area contributed by atoms with Crippen LogP contribution in [0.1, 0.15) is 42.5 Å². The number of ether oxygens (including phenoxy) is 1. The van der Waals surface area contributed by atoms with E-state index in [0.29, 0.717) is 18.8 Å². The van der Waals surface area contributed by atoms with Crippen LogP contribution < -0.4 is 5.32 Å². The van der Waals surface area contributed by atoms with Crippen molar-refractivity contribution in [1.29, 1.82) is 0 Å². The number of nitrogens with one attached hydrogen (secondary N) is 1. The highest BCUT2D eigenvalue weighted by molar-refractivity contribution is 4.46. The van der Waals surface area contributed by atoms with Crippen molar-refractivity contribution in [1.82, 2.24) is 5.32 Å². The van der Waals surface area contributed by atoms with Crippen molar-refractivity contribution in [3.63, 3.8) is 0 Å². The first-order valence-corrected chi connectivity index (χ1v) is 3.95. The molecule has 0 aliphatic rings. The van der Waals surface area contributed by atoms with E-state index in [-0.39, 0.29) is 14.9 Å². The van der Waals surface area contributed by atoms with Gasteiger partial charge in [0.25, 0.3) is 0 Å². The van der Waals surface area contributed by atoms with Gasteiger partial charge in [0.05, 0.1) is 12.8 Å². The summed E-state index contributed by atoms with van der Waals surface area (Å²) in [5, 5.41) is 3.19. The Labute approximate surface area is 78.7 Å². The second-order valence-electron chi connectivity index (χ2n) is 3.21. The Morgan fingerprint density at radius 2 is 1.58 bits per heavy atom. The first kappa shape index (κ1) is 17.9. The number of hydrogen-bond donors (Lipinski definition) is 1. The zero-order valence-electron chi connectivity index (χ0n) is 7.48. The number of rotatable bonds is 5. The largest absolute Gasteiger partial charge is 0.364 e. The third-order valence-electron chi connectivity index (χ3n) is 1.07. The first-order chi connectivity index (χ1) is 4.63. The van der Waals surface area contributed by atoms with Crippen molar-refractivity contribution in [2.24, 2.45) is 5.92 Å². The van der Waals surface area contributed by atoms with E-state index in [1.54, 1.807) is 0 Å². The molecular weight excluding hydrogens is 150 g/mol. The SMILES string of the molecule is C.C.CC(C)CNCOC(C)C. The van der Waals surface area contributed by atoms with Crippen LogP contribution in [-0.4, -0.2) is 19.4 Å². The highest BCUT2D eigenvalue weighted by Crippen LogP contribution is 1.88. The third kappa shape index (κ3) is 16.5. The van der Waals surface area contributed by atoms with Crippen LogP contribution in [0.15, 0.2) is 0 Å². The molecule has 0 saturated carbocycles. The quantitative estimate of drug-likeness (QED) is 0.515. The molecule has 0 spiro atoms. The summed E-state index contributed by atoms with van der Waals surface area (Å²) in [6.07, 6.45) is 0.333. The Morgan fingerprint density at radius 1 is 1.08 bits per heavy atom. The van der Waals surface area contributed by atoms with Gasteiger partial charge in [-0.05, 0) is 26.3 Å². The average molecular weight is 177 g/mol. The lowest BCUT2D eigenvalue weighted by atomic mass is 10.2. The van der Waals surface area contributed by atoms with Gasteiger partial charge in [0, 0.05) is 0 Å². The van der Waals surface area contributed by atoms with Gasteiger partial charge in [0.1, 0.15) is 0 Å². The van der Waals surface area contributed by atoms with E-state index in [0.717, 1.165) is 6.54 Å². The van der Waals surface area contributed by atoms with Crippen molar-refractivity contribution in [3.05, 3.63) is 0 Å². The standard InChI is InChI=1S/C8H19NO.2CH4/c1-7(2)5-9-6-10-8(3)4;;/h7-9H,5-6H2,1-4H3;2*1H4. The summed E-state index contributed by atoms with van der Waals surface area (Å²) in [4.78, 5) is 0. The Balaban J connectivity index is -0.000000405. The van der Waals surface area contributed by atoms with Gasteiger partial charge >= 0.3 is 0 Å². The van der Waals surface area contributed by atoms with Gasteiger partial charge in [0.2, 0.25) is 0 Å². The molecule has 1 N–H and O–H groups in total. The molecule has 0 radical (unpaired) electrons. The maximum Gasteiger partial charge on any atom is 0.0968 e. The van der Waals surface area contributed by atoms with Crippen LogP contribution in [0.4, 0.5) is 0 Å². The lowest BCUT2D eigenvalue weighted by Gasteiger charge is -2.09. The normalized spacial score (nSPS) is 9.50. The minimum atomic E-state index is 0. The maximum absolute atomic E-state index is 5.28. The van der Waals surface area contributed by atoms with Gasteiger partial charge in [0.15, 0.2) is 0 Å². The van der Waals surface area contributed by atoms with Crippen LogP contribution >= 0.6 is 0 Å². The Morgan fingerprint density at radius 3 is 1.92 bits per heavy atom. The topological polar surface area (TPSA) is 21.3 Å². The lowest BCUT2D eigenvalue weighted by Crippen LogP contribution is -2.24. The predicted octanol–water partition coefficient (Wildman–Crippen LogP) is 2.89. The molecule has 0 rings (SSSR count). The minimum Gasteiger partial charge on any atom is -0.364 e. The molecule has 0 bridgehead atoms. The second-order valence-corrected chi connectivity index (χ2v) is 3.21. The third-order valence-corrected chi connectivity index (χ3v) is 1.07. The van der Waals surface area contributed by atoms with Crippen LogP contribution in [0.3, 0.4) is 0 Å². The Hall–Kier alpha value is -0.0800. The van der Waals surface area contributed by atoms with Crippen LogP contribution in [0.2, 0.25) is 0 Å². The second kappa shape index (κ2) is 10.9. The van der Waals surface area contributed by atoms with Gasteiger partial charge in [-0.3, -0.25) is 5.32 Å². The molecule has 0 fully saturated rings. The minimum absolute atomic E-state index is 0. The summed E-state index contributed by atoms with van der Waals surface area (Å²) >= 11 is 0. The lowest BCUT2D eigenvalue weighted by molar-refractivity contribution is 0.0631. The molecule has 0 aliphatic carbocycles. The van der Waals surface area contributed by atoms with E-state index in [1.807, 2.05) is 13.8 Å². The van der Waals surface area contributed by atoms with Crippen molar-refractivity contribution in [3.8, 4) is 0 Å². The molecule has 0 unspecified atom stereocenters. The molecule has 0 saturated heterocycles. The Bertz CT molecular complexity index is 62.2. The molecule has 0 aromatic carbocycles. The molecule has 0 amide bonds. The van der Waals surface area contributed by atoms with Gasteiger partial charge in [-0.25, -0.2) is 0 Å². The van der Waals surface area contributed by atoms with E-state index in [2.05, 4.69) is 19.2 Å². The highest BCUT2D eigenvalue weighted by Gasteiger charge is 1.93. The molecule has 0 aromatic rings. The van der Waals surface area contributed by atoms with E-state index < -0.39 is 0 Å². The molecule has 0 aliphatic heterocycles. The monoisotopic (exact) mass is 177 g/mol. The fourth-order valence-corrected chi connectivity index (χ4v) is 0.573. The Kier molecular flexibility index (Phi) is 16.3. The summed E-state index contributed by atoms with van der Waals surface area (Å²) in [5.74, 6) is 0.704. The van der Waals surface area contributed by atoms with E-state index in [1.165, 1.54) is 0 Å². The zero-order chi connectivity index (χ0) is 7.98. The summed E-state index contributed by atoms with van der Waals surface area (Å²) in [7, 11) is 0. The molecule has 2 heteroatoms. The molecule has 2 nitrogen and oxygen atoms in total. The molecule has 78 valence electrons. The van der Waals surface area contributed by atoms with Gasteiger partial charge in [-0.15, -0.1) is 0 Å². The average Bonchev–Trinajstić information content (AvgIpc) is 1.79. The zero-order valence-corrected chi connectivity index (χ0v) is 7.48. The van der Waals surface area contributed by atoms with E-state index in [4.69, 9.17) is 4.74 Å². The summed E-state index contributed by atoms with van der Waals surface area (Å²) in [6.45, 7) is 10.2. The van der Waals surface area contributed by atoms with Crippen LogP contribution in [-0.2, 0) is 4.74 Å². The summed E-state index contributed by atoms with van der Waals surface area (Å²) < 4.78 is 5.28. The van der Waals surface area contributed by atoms with E-state index in [9.17, 15) is 0 Å². The first-order valence-electron chi connectivity index (χ1n) is 3.95. The highest BCUT2D eigenvalue weighted by atomic mass is 16.5. The van der Waals surface area contributed by atoms with Crippen molar-refractivity contribution in [2.45, 2.75) is 48.7 Å². The molecular formula is C10H27NO. The summed E-state index contributed by atoms with van der Waals surface area (Å²) in [5.41, 5.74) is 0. The van der Waals surface area contributed by atoms with Crippen LogP contribution in [0.25, 0.3) is 0 Å². The van der Waals surface area contributed by atoms with Crippen molar-refractivity contribution < 1.29 is 4.74 Å². The van der Waals surface area contributed by atoms with E-state index >= 15 is 0 Å². The van der Waals surface area contributed by atoms with Crippen LogP contribution in [0, 0.1) is 5.92 Å². The fourth-order valence-electron chi connectivity index (χ4n) is 0.573. The number of hydrogen-bond acceptors (Lipinski definition) is 2. The molecule has 0 aromatic heterocycles. The van der Waals surface area contributed by atoms with Crippen molar-refractivity contribution >= 4 is 0 Å². The molecule has 0 heterocycles. The van der Waals surface area contributed by atoms with Gasteiger partial charge in [-0.1, -0.05) is 28.7 Å². The smallest absolute Gasteiger partial charge is 0.0968 e. The van der Waals surface area contributed by atoms with Gasteiger partial charge < -0.3 is 4.74 Å². The fraction of sp³-hybridized carbons (Fsp3) is 1.00. The van der Waals surface area contributed by atoms with Crippen molar-refractivity contribution in [2.75, 3.05) is 13.3 Å². The summed E-state index contributed by atoms with van der Waals surface area (Å²) in [6, 6.07) is 0. The van der Waals surface area contributed by atoms with Gasteiger partial charge in [-0.2, -0.15) is 0 Å². The maximum atomic E-state index is 5.28. The molecule has 12 heavy (non-hydrogen) atoms. The van der Waals surface area contributed by atoms with Crippen LogP contribution in [0.5, 0.6) is 0 Å². The predicted molar refractivity (Wildman–Crippen MR) is 57.4 cm³/mol.